The highest BCUT2D eigenvalue weighted by molar-refractivity contribution is 6.05. The molecular formula is C38H28N10O7. The summed E-state index contributed by atoms with van der Waals surface area (Å²) in [5, 5.41) is 54.8. The number of hydrazone groups is 2. The molecule has 0 fully saturated rings. The van der Waals surface area contributed by atoms with E-state index in [1.807, 2.05) is 12.1 Å². The smallest absolute Gasteiger partial charge is 0.276 e. The SMILES string of the molecule is O=c1[nH]c2cc([N+](=O)[O-])ccc2nc1/C(=N\Nc1ccccc1)[C@@H](O)c1ccc([C@@H](O)/C(=N/Nc2ccccc2)c2cnc3cc([N+](=O)[O-])ccc3n2)cc1. The van der Waals surface area contributed by atoms with Crippen LogP contribution in [0.25, 0.3) is 22.1 Å². The number of aromatic amines is 1. The molecule has 0 amide bonds. The predicted molar refractivity (Wildman–Crippen MR) is 205 cm³/mol. The molecule has 0 aliphatic rings. The van der Waals surface area contributed by atoms with Crippen LogP contribution in [0.1, 0.15) is 34.7 Å². The average molecular weight is 737 g/mol. The van der Waals surface area contributed by atoms with Crippen molar-refractivity contribution in [3.05, 3.63) is 181 Å². The number of anilines is 2. The second-order valence-corrected chi connectivity index (χ2v) is 12.0. The van der Waals surface area contributed by atoms with Gasteiger partial charge in [0.2, 0.25) is 0 Å². The van der Waals surface area contributed by atoms with E-state index in [9.17, 15) is 35.2 Å². The summed E-state index contributed by atoms with van der Waals surface area (Å²) in [6, 6.07) is 31.9. The van der Waals surface area contributed by atoms with E-state index in [2.05, 4.69) is 41.0 Å². The molecule has 2 heterocycles. The summed E-state index contributed by atoms with van der Waals surface area (Å²) >= 11 is 0. The van der Waals surface area contributed by atoms with Crippen molar-refractivity contribution in [3.8, 4) is 0 Å². The third-order valence-corrected chi connectivity index (χ3v) is 8.37. The number of rotatable bonds is 12. The minimum atomic E-state index is -1.52. The highest BCUT2D eigenvalue weighted by atomic mass is 16.6. The van der Waals surface area contributed by atoms with Gasteiger partial charge in [-0.25, -0.2) is 9.97 Å². The predicted octanol–water partition coefficient (Wildman–Crippen LogP) is 5.78. The number of hydrogen-bond donors (Lipinski definition) is 5. The molecular weight excluding hydrogens is 708 g/mol. The lowest BCUT2D eigenvalue weighted by molar-refractivity contribution is -0.384. The Balaban J connectivity index is 1.23. The van der Waals surface area contributed by atoms with E-state index in [4.69, 9.17) is 0 Å². The lowest BCUT2D eigenvalue weighted by atomic mass is 9.97. The van der Waals surface area contributed by atoms with E-state index >= 15 is 0 Å². The van der Waals surface area contributed by atoms with E-state index in [1.165, 1.54) is 54.7 Å². The van der Waals surface area contributed by atoms with Gasteiger partial charge in [-0.1, -0.05) is 60.7 Å². The first-order chi connectivity index (χ1) is 26.6. The quantitative estimate of drug-likeness (QED) is 0.0569. The summed E-state index contributed by atoms with van der Waals surface area (Å²) in [7, 11) is 0. The van der Waals surface area contributed by atoms with Crippen LogP contribution in [0.3, 0.4) is 0 Å². The van der Waals surface area contributed by atoms with Crippen LogP contribution in [0.5, 0.6) is 0 Å². The highest BCUT2D eigenvalue weighted by Crippen LogP contribution is 2.26. The Morgan fingerprint density at radius 2 is 1.18 bits per heavy atom. The number of fused-ring (bicyclic) bond motifs is 2. The fraction of sp³-hybridized carbons (Fsp3) is 0.0526. The fourth-order valence-corrected chi connectivity index (χ4v) is 5.55. The molecule has 17 nitrogen and oxygen atoms in total. The maximum atomic E-state index is 13.3. The van der Waals surface area contributed by atoms with Crippen molar-refractivity contribution in [3.63, 3.8) is 0 Å². The molecule has 17 heteroatoms. The van der Waals surface area contributed by atoms with Gasteiger partial charge in [0.05, 0.1) is 49.5 Å². The van der Waals surface area contributed by atoms with Crippen LogP contribution in [0.4, 0.5) is 22.7 Å². The molecule has 0 saturated heterocycles. The Morgan fingerprint density at radius 3 is 1.76 bits per heavy atom. The number of nitro groups is 2. The second kappa shape index (κ2) is 15.5. The zero-order valence-corrected chi connectivity index (χ0v) is 28.3. The van der Waals surface area contributed by atoms with E-state index in [1.54, 1.807) is 60.7 Å². The molecule has 0 radical (unpaired) electrons. The van der Waals surface area contributed by atoms with Crippen LogP contribution < -0.4 is 16.4 Å². The van der Waals surface area contributed by atoms with Crippen LogP contribution >= 0.6 is 0 Å². The van der Waals surface area contributed by atoms with Crippen LogP contribution in [0, 0.1) is 20.2 Å². The van der Waals surface area contributed by atoms with E-state index < -0.39 is 27.6 Å². The lowest BCUT2D eigenvalue weighted by Gasteiger charge is -2.17. The maximum Gasteiger partial charge on any atom is 0.276 e. The van der Waals surface area contributed by atoms with E-state index in [0.717, 1.165) is 0 Å². The first kappa shape index (κ1) is 35.6. The third kappa shape index (κ3) is 7.87. The normalized spacial score (nSPS) is 13.0. The molecule has 5 aromatic carbocycles. The lowest BCUT2D eigenvalue weighted by Crippen LogP contribution is -2.26. The third-order valence-electron chi connectivity index (χ3n) is 8.37. The first-order valence-corrected chi connectivity index (χ1v) is 16.5. The molecule has 2 aromatic heterocycles. The van der Waals surface area contributed by atoms with Crippen molar-refractivity contribution < 1.29 is 20.1 Å². The highest BCUT2D eigenvalue weighted by Gasteiger charge is 2.25. The standard InChI is InChI=1S/C38H28N10O7/c49-36(33(45-43-24-7-3-1-4-8-24)32-21-39-30-19-26(47(52)53)15-17-28(30)40-32)22-11-13-23(14-12-22)37(50)34(46-44-25-9-5-2-6-10-25)35-38(51)42-31-20-27(48(54)55)16-18-29(31)41-35/h1-21,36-37,43-44,49-50H,(H,42,51)/b45-33+,46-34+/t36-,37+/m1/s1. The van der Waals surface area contributed by atoms with Gasteiger partial charge in [0, 0.05) is 24.3 Å². The number of benzene rings is 5. The number of aliphatic hydroxyl groups is 2. The van der Waals surface area contributed by atoms with Gasteiger partial charge in [0.25, 0.3) is 16.9 Å². The monoisotopic (exact) mass is 736 g/mol. The molecule has 0 aliphatic heterocycles. The van der Waals surface area contributed by atoms with Crippen molar-refractivity contribution in [2.24, 2.45) is 10.2 Å². The summed E-state index contributed by atoms with van der Waals surface area (Å²) in [5.74, 6) is 0. The topological polar surface area (TPSA) is 247 Å². The van der Waals surface area contributed by atoms with Crippen molar-refractivity contribution >= 4 is 56.2 Å². The maximum absolute atomic E-state index is 13.3. The molecule has 0 bridgehead atoms. The summed E-state index contributed by atoms with van der Waals surface area (Å²) in [6.45, 7) is 0. The van der Waals surface area contributed by atoms with Crippen molar-refractivity contribution in [2.45, 2.75) is 12.2 Å². The van der Waals surface area contributed by atoms with Crippen LogP contribution in [0.2, 0.25) is 0 Å². The summed E-state index contributed by atoms with van der Waals surface area (Å²) in [5.41, 5.74) is 7.30. The van der Waals surface area contributed by atoms with Crippen molar-refractivity contribution in [2.75, 3.05) is 10.9 Å². The van der Waals surface area contributed by atoms with E-state index in [-0.39, 0.29) is 56.3 Å². The van der Waals surface area contributed by atoms with Crippen LogP contribution in [-0.2, 0) is 0 Å². The number of aromatic nitrogens is 4. The summed E-state index contributed by atoms with van der Waals surface area (Å²) < 4.78 is 0. The number of nitrogens with zero attached hydrogens (tertiary/aromatic N) is 7. The number of nitrogens with one attached hydrogen (secondary N) is 3. The Hall–Kier alpha value is -7.76. The van der Waals surface area contributed by atoms with Gasteiger partial charge < -0.3 is 15.2 Å². The molecule has 272 valence electrons. The number of para-hydroxylation sites is 2. The zero-order valence-electron chi connectivity index (χ0n) is 28.3. The number of H-pyrrole nitrogens is 1. The molecule has 5 N–H and O–H groups in total. The minimum absolute atomic E-state index is 0.0753. The van der Waals surface area contributed by atoms with Gasteiger partial charge in [-0.05, 0) is 47.5 Å². The van der Waals surface area contributed by atoms with Crippen LogP contribution in [0.15, 0.2) is 143 Å². The largest absolute Gasteiger partial charge is 0.382 e. The summed E-state index contributed by atoms with van der Waals surface area (Å²) in [4.78, 5) is 50.7. The Morgan fingerprint density at radius 1 is 0.655 bits per heavy atom. The molecule has 0 saturated carbocycles. The molecule has 2 atom stereocenters. The zero-order chi connectivity index (χ0) is 38.5. The number of aliphatic hydroxyl groups excluding tert-OH is 2. The Labute approximate surface area is 309 Å². The van der Waals surface area contributed by atoms with Gasteiger partial charge in [-0.3, -0.25) is 40.9 Å². The van der Waals surface area contributed by atoms with Gasteiger partial charge in [0.15, 0.2) is 5.69 Å². The first-order valence-electron chi connectivity index (χ1n) is 16.5. The van der Waals surface area contributed by atoms with Gasteiger partial charge in [-0.2, -0.15) is 10.2 Å². The molecule has 7 rings (SSSR count). The van der Waals surface area contributed by atoms with Gasteiger partial charge in [-0.15, -0.1) is 0 Å². The second-order valence-electron chi connectivity index (χ2n) is 12.0. The number of nitro benzene ring substituents is 2. The van der Waals surface area contributed by atoms with Crippen molar-refractivity contribution in [1.29, 1.82) is 0 Å². The fourth-order valence-electron chi connectivity index (χ4n) is 5.55. The van der Waals surface area contributed by atoms with Gasteiger partial charge in [0.1, 0.15) is 29.3 Å². The molecule has 7 aromatic rings. The molecule has 0 spiro atoms. The molecule has 55 heavy (non-hydrogen) atoms. The van der Waals surface area contributed by atoms with E-state index in [0.29, 0.717) is 22.5 Å². The Kier molecular flexibility index (Phi) is 10.0. The van der Waals surface area contributed by atoms with Gasteiger partial charge >= 0.3 is 0 Å². The number of hydrogen-bond acceptors (Lipinski definition) is 14. The number of non-ortho nitro benzene ring substituents is 2. The molecule has 0 aliphatic carbocycles. The minimum Gasteiger partial charge on any atom is -0.382 e. The summed E-state index contributed by atoms with van der Waals surface area (Å²) in [6.07, 6.45) is -1.54. The van der Waals surface area contributed by atoms with Crippen LogP contribution in [-0.4, -0.2) is 51.4 Å². The van der Waals surface area contributed by atoms with Crippen molar-refractivity contribution in [1.82, 2.24) is 19.9 Å². The Bertz CT molecular complexity index is 2670. The molecule has 0 unspecified atom stereocenters. The average Bonchev–Trinajstić information content (AvgIpc) is 3.21.